The SMILES string of the molecule is COc1ccc(COC(=O)C2=C(CN(O[Si](C)(C)C(C)(C)C)C(=O)c3ccc(F)cc3)CS[C@@H]3[C@H](NC(=O)Cc4ccccc4)C(=O)N23)cc1. The summed E-state index contributed by atoms with van der Waals surface area (Å²) < 4.78 is 31.3. The number of methoxy groups -OCH3 is 1. The number of nitrogens with zero attached hydrogens (tertiary/aromatic N) is 2. The van der Waals surface area contributed by atoms with Crippen molar-refractivity contribution in [3.8, 4) is 5.75 Å². The molecule has 0 unspecified atom stereocenters. The standard InChI is InChI=1S/C37H42FN3O7SSi/c1-37(2,3)50(5,6)48-40(33(43)26-14-16-28(38)17-15-26)21-27-23-49-35-31(39-30(42)20-24-10-8-7-9-11-24)34(44)41(35)32(27)36(45)47-22-25-12-18-29(46-4)19-13-25/h7-19,31,35H,20-23H2,1-6H3,(H,39,42)/t31-,35-/m1/s1. The molecule has 0 spiro atoms. The monoisotopic (exact) mass is 719 g/mol. The second kappa shape index (κ2) is 15.2. The Hall–Kier alpha value is -4.46. The number of carbonyl (C=O) groups excluding carboxylic acids is 4. The molecule has 1 saturated heterocycles. The number of fused-ring (bicyclic) bond motifs is 1. The summed E-state index contributed by atoms with van der Waals surface area (Å²) in [6.45, 7) is 9.86. The average molecular weight is 720 g/mol. The fourth-order valence-electron chi connectivity index (χ4n) is 5.21. The quantitative estimate of drug-likeness (QED) is 0.107. The van der Waals surface area contributed by atoms with Gasteiger partial charge >= 0.3 is 5.97 Å². The van der Waals surface area contributed by atoms with Gasteiger partial charge in [0, 0.05) is 11.3 Å². The maximum Gasteiger partial charge on any atom is 0.355 e. The molecular formula is C37H42FN3O7SSi. The van der Waals surface area contributed by atoms with E-state index in [1.165, 1.54) is 46.0 Å². The van der Waals surface area contributed by atoms with E-state index >= 15 is 0 Å². The molecular weight excluding hydrogens is 678 g/mol. The van der Waals surface area contributed by atoms with Gasteiger partial charge in [-0.15, -0.1) is 11.8 Å². The van der Waals surface area contributed by atoms with Crippen LogP contribution >= 0.6 is 11.8 Å². The number of hydrogen-bond acceptors (Lipinski definition) is 8. The molecule has 0 bridgehead atoms. The van der Waals surface area contributed by atoms with E-state index in [-0.39, 0.29) is 47.5 Å². The highest BCUT2D eigenvalue weighted by molar-refractivity contribution is 8.00. The fourth-order valence-corrected chi connectivity index (χ4v) is 7.51. The molecule has 0 radical (unpaired) electrons. The third kappa shape index (κ3) is 8.28. The molecule has 2 aliphatic rings. The van der Waals surface area contributed by atoms with Gasteiger partial charge in [0.15, 0.2) is 0 Å². The van der Waals surface area contributed by atoms with E-state index in [9.17, 15) is 23.6 Å². The molecule has 5 rings (SSSR count). The van der Waals surface area contributed by atoms with Crippen LogP contribution in [0.25, 0.3) is 0 Å². The third-order valence-corrected chi connectivity index (χ3v) is 14.7. The van der Waals surface area contributed by atoms with Crippen molar-refractivity contribution in [1.29, 1.82) is 0 Å². The van der Waals surface area contributed by atoms with E-state index < -0.39 is 43.3 Å². The second-order valence-electron chi connectivity index (χ2n) is 13.7. The first-order valence-corrected chi connectivity index (χ1v) is 20.2. The first-order valence-electron chi connectivity index (χ1n) is 16.2. The maximum atomic E-state index is 13.9. The lowest BCUT2D eigenvalue weighted by molar-refractivity contribution is -0.153. The summed E-state index contributed by atoms with van der Waals surface area (Å²) in [5.74, 6) is -1.62. The van der Waals surface area contributed by atoms with Crippen LogP contribution in [-0.2, 0) is 36.7 Å². The lowest BCUT2D eigenvalue weighted by Crippen LogP contribution is -2.71. The summed E-state index contributed by atoms with van der Waals surface area (Å²) in [7, 11) is -1.06. The lowest BCUT2D eigenvalue weighted by Gasteiger charge is -2.50. The fraction of sp³-hybridized carbons (Fsp3) is 0.351. The molecule has 50 heavy (non-hydrogen) atoms. The van der Waals surface area contributed by atoms with Crippen LogP contribution in [0, 0.1) is 5.82 Å². The minimum atomic E-state index is -2.62. The van der Waals surface area contributed by atoms with Gasteiger partial charge in [-0.1, -0.05) is 63.2 Å². The number of hydroxylamine groups is 2. The molecule has 3 aromatic carbocycles. The van der Waals surface area contributed by atoms with E-state index in [1.807, 2.05) is 64.2 Å². The summed E-state index contributed by atoms with van der Waals surface area (Å²) in [6.07, 6.45) is 0.102. The Kier molecular flexibility index (Phi) is 11.2. The van der Waals surface area contributed by atoms with Gasteiger partial charge in [-0.05, 0) is 71.2 Å². The van der Waals surface area contributed by atoms with E-state index in [2.05, 4.69) is 5.32 Å². The topological polar surface area (TPSA) is 114 Å². The number of halogens is 1. The van der Waals surface area contributed by atoms with Crippen LogP contribution in [0.5, 0.6) is 5.75 Å². The van der Waals surface area contributed by atoms with Crippen molar-refractivity contribution >= 4 is 43.8 Å². The molecule has 0 saturated carbocycles. The predicted molar refractivity (Wildman–Crippen MR) is 191 cm³/mol. The van der Waals surface area contributed by atoms with Crippen LogP contribution < -0.4 is 10.1 Å². The Balaban J connectivity index is 1.45. The van der Waals surface area contributed by atoms with Crippen LogP contribution in [0.1, 0.15) is 42.3 Å². The second-order valence-corrected chi connectivity index (χ2v) is 19.5. The van der Waals surface area contributed by atoms with Crippen molar-refractivity contribution in [1.82, 2.24) is 15.3 Å². The molecule has 264 valence electrons. The number of β-lactam (4-membered cyclic amide) rings is 1. The smallest absolute Gasteiger partial charge is 0.355 e. The zero-order valence-electron chi connectivity index (χ0n) is 29.0. The zero-order chi connectivity index (χ0) is 36.2. The van der Waals surface area contributed by atoms with Crippen molar-refractivity contribution in [2.45, 2.75) is 63.3 Å². The van der Waals surface area contributed by atoms with Crippen molar-refractivity contribution in [3.05, 3.63) is 113 Å². The summed E-state index contributed by atoms with van der Waals surface area (Å²) in [5, 5.41) is 3.22. The van der Waals surface area contributed by atoms with Gasteiger partial charge < -0.3 is 19.3 Å². The normalized spacial score (nSPS) is 17.4. The average Bonchev–Trinajstić information content (AvgIpc) is 3.09. The molecule has 1 N–H and O–H groups in total. The highest BCUT2D eigenvalue weighted by Crippen LogP contribution is 2.42. The number of benzene rings is 3. The number of ether oxygens (including phenoxy) is 2. The lowest BCUT2D eigenvalue weighted by atomic mass is 10.0. The van der Waals surface area contributed by atoms with E-state index in [0.29, 0.717) is 16.9 Å². The first kappa shape index (κ1) is 36.8. The van der Waals surface area contributed by atoms with Crippen molar-refractivity contribution in [2.24, 2.45) is 0 Å². The number of carbonyl (C=O) groups is 4. The van der Waals surface area contributed by atoms with Gasteiger partial charge in [0.1, 0.15) is 35.3 Å². The van der Waals surface area contributed by atoms with Gasteiger partial charge in [0.2, 0.25) is 14.2 Å². The van der Waals surface area contributed by atoms with E-state index in [0.717, 1.165) is 5.56 Å². The summed E-state index contributed by atoms with van der Waals surface area (Å²) in [6, 6.07) is 20.6. The highest BCUT2D eigenvalue weighted by atomic mass is 32.2. The molecule has 2 atom stereocenters. The number of thioether (sulfide) groups is 1. The Morgan fingerprint density at radius 1 is 0.980 bits per heavy atom. The van der Waals surface area contributed by atoms with E-state index in [4.69, 9.17) is 14.0 Å². The van der Waals surface area contributed by atoms with Gasteiger partial charge in [-0.25, -0.2) is 14.2 Å². The van der Waals surface area contributed by atoms with Crippen LogP contribution in [0.3, 0.4) is 0 Å². The number of nitrogens with one attached hydrogen (secondary N) is 1. The largest absolute Gasteiger partial charge is 0.497 e. The molecule has 2 heterocycles. The number of hydrogen-bond donors (Lipinski definition) is 1. The Labute approximate surface area is 297 Å². The van der Waals surface area contributed by atoms with Crippen molar-refractivity contribution < 1.29 is 37.6 Å². The van der Waals surface area contributed by atoms with Gasteiger partial charge in [-0.2, -0.15) is 0 Å². The number of amides is 3. The summed E-state index contributed by atoms with van der Waals surface area (Å²) in [5.41, 5.74) is 2.18. The molecule has 2 aliphatic heterocycles. The van der Waals surface area contributed by atoms with Crippen LogP contribution in [0.2, 0.25) is 18.1 Å². The number of rotatable bonds is 12. The minimum Gasteiger partial charge on any atom is -0.497 e. The molecule has 3 amide bonds. The Bertz CT molecular complexity index is 1760. The summed E-state index contributed by atoms with van der Waals surface area (Å²) >= 11 is 1.37. The minimum absolute atomic E-state index is 0.0107. The van der Waals surface area contributed by atoms with E-state index in [1.54, 1.807) is 31.4 Å². The Morgan fingerprint density at radius 2 is 1.64 bits per heavy atom. The molecule has 3 aromatic rings. The van der Waals surface area contributed by atoms with Crippen molar-refractivity contribution in [3.63, 3.8) is 0 Å². The molecule has 0 aliphatic carbocycles. The molecule has 10 nitrogen and oxygen atoms in total. The van der Waals surface area contributed by atoms with Gasteiger partial charge in [-0.3, -0.25) is 19.3 Å². The number of esters is 1. The van der Waals surface area contributed by atoms with Crippen LogP contribution in [-0.4, -0.2) is 72.8 Å². The zero-order valence-corrected chi connectivity index (χ0v) is 30.8. The van der Waals surface area contributed by atoms with Crippen LogP contribution in [0.4, 0.5) is 4.39 Å². The Morgan fingerprint density at radius 3 is 2.26 bits per heavy atom. The van der Waals surface area contributed by atoms with Crippen molar-refractivity contribution in [2.75, 3.05) is 19.4 Å². The molecule has 1 fully saturated rings. The highest BCUT2D eigenvalue weighted by Gasteiger charge is 2.55. The third-order valence-electron chi connectivity index (χ3n) is 9.09. The first-order chi connectivity index (χ1) is 23.7. The summed E-state index contributed by atoms with van der Waals surface area (Å²) in [4.78, 5) is 55.9. The van der Waals surface area contributed by atoms with Gasteiger partial charge in [0.05, 0.1) is 20.1 Å². The molecule has 13 heteroatoms. The van der Waals surface area contributed by atoms with Gasteiger partial charge in [0.25, 0.3) is 11.8 Å². The maximum absolute atomic E-state index is 13.9. The molecule has 0 aromatic heterocycles. The van der Waals surface area contributed by atoms with Crippen LogP contribution in [0.15, 0.2) is 90.1 Å². The predicted octanol–water partition coefficient (Wildman–Crippen LogP) is 5.85.